The molecule has 0 bridgehead atoms. The molecule has 2 fully saturated rings. The number of phenols is 1. The Hall–Kier alpha value is -4.04. The molecule has 0 saturated carbocycles. The van der Waals surface area contributed by atoms with Crippen LogP contribution in [-0.2, 0) is 6.54 Å². The number of fused-ring (bicyclic) bond motifs is 1. The van der Waals surface area contributed by atoms with Gasteiger partial charge in [0.15, 0.2) is 5.76 Å². The molecule has 0 spiro atoms. The van der Waals surface area contributed by atoms with Crippen molar-refractivity contribution in [2.45, 2.75) is 44.4 Å². The Kier molecular flexibility index (Phi) is 7.36. The third-order valence-corrected chi connectivity index (χ3v) is 7.75. The van der Waals surface area contributed by atoms with Gasteiger partial charge in [-0.25, -0.2) is 0 Å². The van der Waals surface area contributed by atoms with Crippen LogP contribution in [0.25, 0.3) is 11.0 Å². The second-order valence-corrected chi connectivity index (χ2v) is 10.5. The first-order valence-electron chi connectivity index (χ1n) is 13.8. The summed E-state index contributed by atoms with van der Waals surface area (Å²) < 4.78 is 12.2. The molecule has 2 aromatic heterocycles. The van der Waals surface area contributed by atoms with Crippen LogP contribution in [0.1, 0.15) is 41.8 Å². The second kappa shape index (κ2) is 11.4. The lowest BCUT2D eigenvalue weighted by atomic mass is 10.0. The lowest BCUT2D eigenvalue weighted by Gasteiger charge is -2.33. The van der Waals surface area contributed by atoms with Gasteiger partial charge in [0, 0.05) is 75.1 Å². The SMILES string of the molecule is O=C(NC1CCN(Cc2ccncc2)CC1)c1cc2cc(OC3CCN(c4ccc(O)cc4)CC3)ccc2o1. The number of piperidine rings is 2. The van der Waals surface area contributed by atoms with E-state index in [1.54, 1.807) is 12.1 Å². The molecular weight excluding hydrogens is 492 g/mol. The van der Waals surface area contributed by atoms with E-state index in [-0.39, 0.29) is 23.8 Å². The largest absolute Gasteiger partial charge is 0.508 e. The van der Waals surface area contributed by atoms with Gasteiger partial charge in [0.05, 0.1) is 0 Å². The summed E-state index contributed by atoms with van der Waals surface area (Å²) in [5.74, 6) is 1.25. The van der Waals surface area contributed by atoms with Crippen molar-refractivity contribution in [1.82, 2.24) is 15.2 Å². The topological polar surface area (TPSA) is 91.1 Å². The number of carbonyl (C=O) groups excluding carboxylic acids is 1. The molecule has 8 nitrogen and oxygen atoms in total. The van der Waals surface area contributed by atoms with Gasteiger partial charge in [-0.05, 0) is 79.1 Å². The van der Waals surface area contributed by atoms with Crippen molar-refractivity contribution < 1.29 is 19.1 Å². The first-order chi connectivity index (χ1) is 19.1. The molecule has 202 valence electrons. The number of hydrogen-bond donors (Lipinski definition) is 2. The Morgan fingerprint density at radius 1 is 0.949 bits per heavy atom. The zero-order chi connectivity index (χ0) is 26.6. The molecule has 0 radical (unpaired) electrons. The van der Waals surface area contributed by atoms with E-state index in [2.05, 4.69) is 20.1 Å². The van der Waals surface area contributed by atoms with E-state index < -0.39 is 0 Å². The Balaban J connectivity index is 0.999. The molecule has 2 aromatic carbocycles. The fraction of sp³-hybridized carbons (Fsp3) is 0.355. The fourth-order valence-corrected chi connectivity index (χ4v) is 5.53. The van der Waals surface area contributed by atoms with E-state index in [4.69, 9.17) is 9.15 Å². The predicted molar refractivity (Wildman–Crippen MR) is 150 cm³/mol. The van der Waals surface area contributed by atoms with E-state index in [1.165, 1.54) is 5.56 Å². The van der Waals surface area contributed by atoms with Crippen LogP contribution in [0.2, 0.25) is 0 Å². The van der Waals surface area contributed by atoms with Crippen LogP contribution >= 0.6 is 0 Å². The number of ether oxygens (including phenoxy) is 1. The third-order valence-electron chi connectivity index (χ3n) is 7.75. The highest BCUT2D eigenvalue weighted by atomic mass is 16.5. The number of amides is 1. The smallest absolute Gasteiger partial charge is 0.287 e. The quantitative estimate of drug-likeness (QED) is 0.351. The number of carbonyl (C=O) groups is 1. The zero-order valence-electron chi connectivity index (χ0n) is 22.0. The van der Waals surface area contributed by atoms with E-state index >= 15 is 0 Å². The first kappa shape index (κ1) is 25.2. The van der Waals surface area contributed by atoms with E-state index in [9.17, 15) is 9.90 Å². The Morgan fingerprint density at radius 3 is 2.44 bits per heavy atom. The third kappa shape index (κ3) is 6.17. The molecule has 0 unspecified atom stereocenters. The Bertz CT molecular complexity index is 1390. The minimum Gasteiger partial charge on any atom is -0.508 e. The monoisotopic (exact) mass is 526 g/mol. The molecule has 4 heterocycles. The molecule has 8 heteroatoms. The van der Waals surface area contributed by atoms with Gasteiger partial charge < -0.3 is 24.5 Å². The van der Waals surface area contributed by atoms with Gasteiger partial charge in [-0.3, -0.25) is 14.7 Å². The number of likely N-dealkylation sites (tertiary alicyclic amines) is 1. The van der Waals surface area contributed by atoms with Crippen molar-refractivity contribution in [2.75, 3.05) is 31.1 Å². The van der Waals surface area contributed by atoms with Crippen LogP contribution in [0.15, 0.2) is 77.5 Å². The number of aromatic hydroxyl groups is 1. The predicted octanol–water partition coefficient (Wildman–Crippen LogP) is 4.98. The number of furan rings is 1. The summed E-state index contributed by atoms with van der Waals surface area (Å²) in [5, 5.41) is 13.6. The molecular formula is C31H34N4O4. The van der Waals surface area contributed by atoms with Gasteiger partial charge in [0.1, 0.15) is 23.2 Å². The first-order valence-corrected chi connectivity index (χ1v) is 13.8. The molecule has 2 N–H and O–H groups in total. The van der Waals surface area contributed by atoms with Crippen LogP contribution in [0.3, 0.4) is 0 Å². The van der Waals surface area contributed by atoms with Gasteiger partial charge in [-0.1, -0.05) is 0 Å². The Morgan fingerprint density at radius 2 is 1.69 bits per heavy atom. The van der Waals surface area contributed by atoms with Gasteiger partial charge in [0.2, 0.25) is 0 Å². The van der Waals surface area contributed by atoms with Crippen LogP contribution in [0, 0.1) is 0 Å². The van der Waals surface area contributed by atoms with Crippen LogP contribution in [0.5, 0.6) is 11.5 Å². The summed E-state index contributed by atoms with van der Waals surface area (Å²) in [6.45, 7) is 4.60. The molecule has 39 heavy (non-hydrogen) atoms. The number of anilines is 1. The van der Waals surface area contributed by atoms with Crippen molar-refractivity contribution in [3.8, 4) is 11.5 Å². The molecule has 4 aromatic rings. The molecule has 2 aliphatic heterocycles. The van der Waals surface area contributed by atoms with Gasteiger partial charge in [-0.2, -0.15) is 0 Å². The lowest BCUT2D eigenvalue weighted by molar-refractivity contribution is 0.0883. The number of pyridine rings is 1. The molecule has 1 amide bonds. The van der Waals surface area contributed by atoms with E-state index in [1.807, 2.05) is 60.9 Å². The van der Waals surface area contributed by atoms with Crippen molar-refractivity contribution in [1.29, 1.82) is 0 Å². The highest BCUT2D eigenvalue weighted by Crippen LogP contribution is 2.28. The highest BCUT2D eigenvalue weighted by molar-refractivity contribution is 5.96. The van der Waals surface area contributed by atoms with Crippen molar-refractivity contribution in [3.63, 3.8) is 0 Å². The van der Waals surface area contributed by atoms with E-state index in [0.29, 0.717) is 11.3 Å². The maximum absolute atomic E-state index is 12.9. The maximum Gasteiger partial charge on any atom is 0.287 e. The summed E-state index contributed by atoms with van der Waals surface area (Å²) in [6.07, 6.45) is 7.46. The summed E-state index contributed by atoms with van der Waals surface area (Å²) >= 11 is 0. The normalized spacial score (nSPS) is 17.4. The standard InChI is InChI=1S/C31H34N4O4/c36-26-3-1-25(2-4-26)35-17-11-27(12-18-35)38-28-5-6-29-23(19-28)20-30(39-29)31(37)33-24-9-15-34(16-10-24)21-22-7-13-32-14-8-22/h1-8,13-14,19-20,24,27,36H,9-12,15-18,21H2,(H,33,37). The van der Waals surface area contributed by atoms with Crippen molar-refractivity contribution >= 4 is 22.6 Å². The number of nitrogens with zero attached hydrogens (tertiary/aromatic N) is 3. The van der Waals surface area contributed by atoms with Crippen LogP contribution in [0.4, 0.5) is 5.69 Å². The number of rotatable bonds is 7. The van der Waals surface area contributed by atoms with Crippen molar-refractivity contribution in [2.24, 2.45) is 0 Å². The summed E-state index contributed by atoms with van der Waals surface area (Å²) in [6, 6.07) is 19.1. The zero-order valence-corrected chi connectivity index (χ0v) is 22.0. The number of aromatic nitrogens is 1. The minimum atomic E-state index is -0.164. The highest BCUT2D eigenvalue weighted by Gasteiger charge is 2.24. The molecule has 2 saturated heterocycles. The lowest BCUT2D eigenvalue weighted by Crippen LogP contribution is -2.44. The van der Waals surface area contributed by atoms with Crippen LogP contribution in [-0.4, -0.2) is 59.2 Å². The number of nitrogens with one attached hydrogen (secondary N) is 1. The molecule has 0 aliphatic carbocycles. The van der Waals surface area contributed by atoms with Gasteiger partial charge in [-0.15, -0.1) is 0 Å². The summed E-state index contributed by atoms with van der Waals surface area (Å²) in [7, 11) is 0. The van der Waals surface area contributed by atoms with Gasteiger partial charge in [0.25, 0.3) is 5.91 Å². The average molecular weight is 527 g/mol. The number of benzene rings is 2. The summed E-state index contributed by atoms with van der Waals surface area (Å²) in [5.41, 5.74) is 3.06. The Labute approximate surface area is 228 Å². The molecule has 6 rings (SSSR count). The molecule has 0 atom stereocenters. The second-order valence-electron chi connectivity index (χ2n) is 10.5. The molecule has 2 aliphatic rings. The number of phenolic OH excluding ortho intramolecular Hbond substituents is 1. The van der Waals surface area contributed by atoms with Crippen LogP contribution < -0.4 is 15.0 Å². The average Bonchev–Trinajstić information content (AvgIpc) is 3.39. The minimum absolute atomic E-state index is 0.134. The fourth-order valence-electron chi connectivity index (χ4n) is 5.53. The summed E-state index contributed by atoms with van der Waals surface area (Å²) in [4.78, 5) is 21.8. The van der Waals surface area contributed by atoms with Gasteiger partial charge >= 0.3 is 0 Å². The maximum atomic E-state index is 12.9. The van der Waals surface area contributed by atoms with Crippen molar-refractivity contribution in [3.05, 3.63) is 84.4 Å². The number of hydrogen-bond acceptors (Lipinski definition) is 7. The van der Waals surface area contributed by atoms with E-state index in [0.717, 1.165) is 75.2 Å².